The Morgan fingerprint density at radius 3 is 2.81 bits per heavy atom. The molecule has 5 rings (SSSR count). The third-order valence-electron chi connectivity index (χ3n) is 6.01. The van der Waals surface area contributed by atoms with Crippen LogP contribution >= 0.6 is 15.9 Å². The van der Waals surface area contributed by atoms with Crippen LogP contribution in [0.1, 0.15) is 28.9 Å². The first-order valence-electron chi connectivity index (χ1n) is 10.8. The molecule has 32 heavy (non-hydrogen) atoms. The zero-order chi connectivity index (χ0) is 22.1. The van der Waals surface area contributed by atoms with Gasteiger partial charge in [-0.2, -0.15) is 0 Å². The molecule has 6 nitrogen and oxygen atoms in total. The molecule has 0 radical (unpaired) electrons. The zero-order valence-electron chi connectivity index (χ0n) is 17.5. The van der Waals surface area contributed by atoms with Crippen LogP contribution in [0.15, 0.2) is 71.5 Å². The molecule has 1 aliphatic heterocycles. The molecule has 0 aliphatic carbocycles. The van der Waals surface area contributed by atoms with Crippen molar-refractivity contribution in [2.24, 2.45) is 5.92 Å². The number of nitrogens with one attached hydrogen (secondary N) is 1. The third-order valence-corrected chi connectivity index (χ3v) is 6.48. The molecular formula is C25H23BrN4O2. The van der Waals surface area contributed by atoms with Crippen molar-refractivity contribution in [2.75, 3.05) is 13.1 Å². The number of fused-ring (bicyclic) bond motifs is 2. The molecule has 1 aliphatic rings. The molecule has 0 spiro atoms. The fourth-order valence-electron chi connectivity index (χ4n) is 4.38. The highest BCUT2D eigenvalue weighted by molar-refractivity contribution is 9.10. The number of amides is 2. The monoisotopic (exact) mass is 490 g/mol. The maximum absolute atomic E-state index is 13.3. The van der Waals surface area contributed by atoms with Crippen molar-refractivity contribution in [2.45, 2.75) is 19.4 Å². The van der Waals surface area contributed by atoms with Gasteiger partial charge in [-0.1, -0.05) is 36.4 Å². The largest absolute Gasteiger partial charge is 0.350 e. The summed E-state index contributed by atoms with van der Waals surface area (Å²) in [7, 11) is 0. The van der Waals surface area contributed by atoms with Gasteiger partial charge in [0.2, 0.25) is 5.91 Å². The summed E-state index contributed by atoms with van der Waals surface area (Å²) in [4.78, 5) is 32.5. The Morgan fingerprint density at radius 1 is 1.06 bits per heavy atom. The fourth-order valence-corrected chi connectivity index (χ4v) is 4.74. The number of imidazole rings is 1. The van der Waals surface area contributed by atoms with Crippen molar-refractivity contribution in [1.82, 2.24) is 19.6 Å². The normalized spacial score (nSPS) is 16.4. The van der Waals surface area contributed by atoms with Gasteiger partial charge in [0.15, 0.2) is 0 Å². The van der Waals surface area contributed by atoms with Gasteiger partial charge in [0, 0.05) is 35.5 Å². The van der Waals surface area contributed by atoms with Crippen LogP contribution in [0.3, 0.4) is 0 Å². The molecule has 1 atom stereocenters. The first kappa shape index (κ1) is 20.7. The van der Waals surface area contributed by atoms with Crippen LogP contribution in [0.5, 0.6) is 0 Å². The first-order chi connectivity index (χ1) is 15.6. The van der Waals surface area contributed by atoms with E-state index in [4.69, 9.17) is 0 Å². The van der Waals surface area contributed by atoms with Crippen molar-refractivity contribution >= 4 is 44.2 Å². The second-order valence-corrected chi connectivity index (χ2v) is 9.10. The van der Waals surface area contributed by atoms with Gasteiger partial charge < -0.3 is 14.6 Å². The Hall–Kier alpha value is -3.19. The molecule has 7 heteroatoms. The molecule has 3 heterocycles. The summed E-state index contributed by atoms with van der Waals surface area (Å²) >= 11 is 3.45. The summed E-state index contributed by atoms with van der Waals surface area (Å²) in [6.07, 6.45) is 5.45. The van der Waals surface area contributed by atoms with E-state index in [1.165, 1.54) is 0 Å². The van der Waals surface area contributed by atoms with Gasteiger partial charge in [-0.15, -0.1) is 0 Å². The molecule has 1 saturated heterocycles. The minimum atomic E-state index is -0.214. The summed E-state index contributed by atoms with van der Waals surface area (Å²) in [6.45, 7) is 1.48. The number of likely N-dealkylation sites (tertiary alicyclic amines) is 1. The van der Waals surface area contributed by atoms with E-state index in [2.05, 4.69) is 26.2 Å². The Kier molecular flexibility index (Phi) is 5.66. The maximum Gasteiger partial charge on any atom is 0.254 e. The number of aromatic nitrogens is 2. The number of carbonyl (C=O) groups is 2. The summed E-state index contributed by atoms with van der Waals surface area (Å²) in [5.41, 5.74) is 2.33. The molecule has 2 aromatic heterocycles. The highest BCUT2D eigenvalue weighted by Crippen LogP contribution is 2.24. The Morgan fingerprint density at radius 2 is 1.91 bits per heavy atom. The average Bonchev–Trinajstić information content (AvgIpc) is 3.23. The van der Waals surface area contributed by atoms with Crippen LogP contribution in [-0.2, 0) is 11.3 Å². The predicted octanol–water partition coefficient (Wildman–Crippen LogP) is 4.42. The standard InChI is InChI=1S/C25H23BrN4O2/c26-19-10-11-23-28-20(16-30(23)15-19)13-27-24(31)18-7-4-12-29(14-18)25(32)22-9-3-6-17-5-1-2-8-21(17)22/h1-3,5-6,8-11,15-16,18H,4,7,12-14H2,(H,27,31). The van der Waals surface area contributed by atoms with E-state index in [1.807, 2.05) is 76.3 Å². The second kappa shape index (κ2) is 8.74. The number of halogens is 1. The van der Waals surface area contributed by atoms with Gasteiger partial charge in [0.1, 0.15) is 5.65 Å². The zero-order valence-corrected chi connectivity index (χ0v) is 19.1. The maximum atomic E-state index is 13.3. The lowest BCUT2D eigenvalue weighted by molar-refractivity contribution is -0.126. The number of benzene rings is 2. The molecule has 162 valence electrons. The summed E-state index contributed by atoms with van der Waals surface area (Å²) in [5, 5.41) is 5.00. The smallest absolute Gasteiger partial charge is 0.254 e. The van der Waals surface area contributed by atoms with Crippen LogP contribution in [0.2, 0.25) is 0 Å². The van der Waals surface area contributed by atoms with E-state index >= 15 is 0 Å². The lowest BCUT2D eigenvalue weighted by atomic mass is 9.95. The Balaban J connectivity index is 1.25. The van der Waals surface area contributed by atoms with Crippen molar-refractivity contribution in [3.8, 4) is 0 Å². The van der Waals surface area contributed by atoms with Crippen LogP contribution < -0.4 is 5.32 Å². The van der Waals surface area contributed by atoms with Gasteiger partial charge in [-0.25, -0.2) is 4.98 Å². The third kappa shape index (κ3) is 4.12. The molecular weight excluding hydrogens is 468 g/mol. The number of nitrogens with zero attached hydrogens (tertiary/aromatic N) is 3. The Bertz CT molecular complexity index is 1310. The van der Waals surface area contributed by atoms with Gasteiger partial charge in [0.05, 0.1) is 18.2 Å². The van der Waals surface area contributed by atoms with Gasteiger partial charge in [0.25, 0.3) is 5.91 Å². The quantitative estimate of drug-likeness (QED) is 0.460. The Labute approximate surface area is 194 Å². The van der Waals surface area contributed by atoms with E-state index < -0.39 is 0 Å². The van der Waals surface area contributed by atoms with Crippen molar-refractivity contribution in [3.05, 3.63) is 82.7 Å². The number of pyridine rings is 1. The summed E-state index contributed by atoms with van der Waals surface area (Å²) < 4.78 is 2.90. The van der Waals surface area contributed by atoms with Crippen LogP contribution in [0.4, 0.5) is 0 Å². The van der Waals surface area contributed by atoms with Crippen molar-refractivity contribution < 1.29 is 9.59 Å². The number of piperidine rings is 1. The molecule has 0 bridgehead atoms. The molecule has 4 aromatic rings. The minimum Gasteiger partial charge on any atom is -0.350 e. The lowest BCUT2D eigenvalue weighted by Gasteiger charge is -2.32. The van der Waals surface area contributed by atoms with E-state index in [0.717, 1.165) is 39.4 Å². The average molecular weight is 491 g/mol. The van der Waals surface area contributed by atoms with Gasteiger partial charge >= 0.3 is 0 Å². The highest BCUT2D eigenvalue weighted by Gasteiger charge is 2.29. The number of hydrogen-bond acceptors (Lipinski definition) is 3. The van der Waals surface area contributed by atoms with E-state index in [9.17, 15) is 9.59 Å². The van der Waals surface area contributed by atoms with Crippen molar-refractivity contribution in [3.63, 3.8) is 0 Å². The summed E-state index contributed by atoms with van der Waals surface area (Å²) in [5.74, 6) is -0.252. The number of rotatable bonds is 4. The molecule has 2 amide bonds. The molecule has 1 unspecified atom stereocenters. The highest BCUT2D eigenvalue weighted by atomic mass is 79.9. The fraction of sp³-hybridized carbons (Fsp3) is 0.240. The van der Waals surface area contributed by atoms with Gasteiger partial charge in [-0.3, -0.25) is 9.59 Å². The molecule has 2 aromatic carbocycles. The number of carbonyl (C=O) groups excluding carboxylic acids is 2. The van der Waals surface area contributed by atoms with Crippen LogP contribution in [-0.4, -0.2) is 39.2 Å². The minimum absolute atomic E-state index is 0.00905. The van der Waals surface area contributed by atoms with E-state index in [-0.39, 0.29) is 17.7 Å². The molecule has 0 saturated carbocycles. The second-order valence-electron chi connectivity index (χ2n) is 8.18. The molecule has 1 fully saturated rings. The summed E-state index contributed by atoms with van der Waals surface area (Å²) in [6, 6.07) is 17.6. The molecule has 1 N–H and O–H groups in total. The van der Waals surface area contributed by atoms with Crippen molar-refractivity contribution in [1.29, 1.82) is 0 Å². The SMILES string of the molecule is O=C(NCc1cn2cc(Br)ccc2n1)C1CCCN(C(=O)c2cccc3ccccc23)C1. The van der Waals surface area contributed by atoms with Gasteiger partial charge in [-0.05, 0) is 57.7 Å². The first-order valence-corrected chi connectivity index (χ1v) is 11.6. The predicted molar refractivity (Wildman–Crippen MR) is 127 cm³/mol. The topological polar surface area (TPSA) is 66.7 Å². The van der Waals surface area contributed by atoms with E-state index in [0.29, 0.717) is 25.2 Å². The van der Waals surface area contributed by atoms with E-state index in [1.54, 1.807) is 0 Å². The lowest BCUT2D eigenvalue weighted by Crippen LogP contribution is -2.45. The number of hydrogen-bond donors (Lipinski definition) is 1. The van der Waals surface area contributed by atoms with Crippen LogP contribution in [0, 0.1) is 5.92 Å². The van der Waals surface area contributed by atoms with Crippen LogP contribution in [0.25, 0.3) is 16.4 Å².